The van der Waals surface area contributed by atoms with E-state index in [4.69, 9.17) is 21.3 Å². The second-order valence-corrected chi connectivity index (χ2v) is 11.9. The summed E-state index contributed by atoms with van der Waals surface area (Å²) in [6.07, 6.45) is 3.02. The molecule has 0 aliphatic carbocycles. The molecule has 44 heavy (non-hydrogen) atoms. The van der Waals surface area contributed by atoms with E-state index in [9.17, 15) is 9.59 Å². The van der Waals surface area contributed by atoms with Crippen LogP contribution >= 0.6 is 11.6 Å². The van der Waals surface area contributed by atoms with Gasteiger partial charge in [0.25, 0.3) is 0 Å². The molecule has 1 aliphatic heterocycles. The SMILES string of the molecule is C=CC(=O)N1C[C@H](C)N(c2nc(=O)n(-c3c(C)ccnc3C(C)C)c3nc(-c4c(F)cccc4COC)c(Cl)cc23)C[C@H]1C. The largest absolute Gasteiger partial charge is 0.380 e. The van der Waals surface area contributed by atoms with Gasteiger partial charge in [-0.25, -0.2) is 18.7 Å². The Balaban J connectivity index is 1.85. The number of benzene rings is 1. The summed E-state index contributed by atoms with van der Waals surface area (Å²) in [5.41, 5.74) is 2.75. The molecule has 4 heterocycles. The Morgan fingerprint density at radius 1 is 1.20 bits per heavy atom. The van der Waals surface area contributed by atoms with Crippen molar-refractivity contribution in [2.24, 2.45) is 0 Å². The number of carbonyl (C=O) groups excluding carboxylic acids is 1. The summed E-state index contributed by atoms with van der Waals surface area (Å²) in [5.74, 6) is -0.293. The molecule has 1 fully saturated rings. The fraction of sp³-hybridized carbons (Fsp3) is 0.364. The van der Waals surface area contributed by atoms with E-state index in [0.29, 0.717) is 41.2 Å². The maximum Gasteiger partial charge on any atom is 0.355 e. The van der Waals surface area contributed by atoms with Gasteiger partial charge < -0.3 is 14.5 Å². The molecule has 230 valence electrons. The fourth-order valence-corrected chi connectivity index (χ4v) is 6.19. The highest BCUT2D eigenvalue weighted by atomic mass is 35.5. The topological polar surface area (TPSA) is 93.5 Å². The number of carbonyl (C=O) groups is 1. The van der Waals surface area contributed by atoms with Crippen LogP contribution in [0.2, 0.25) is 5.02 Å². The number of fused-ring (bicyclic) bond motifs is 1. The molecule has 9 nitrogen and oxygen atoms in total. The number of methoxy groups -OCH3 is 1. The normalized spacial score (nSPS) is 17.0. The van der Waals surface area contributed by atoms with Crippen molar-refractivity contribution >= 4 is 34.4 Å². The molecule has 3 aromatic heterocycles. The molecule has 0 bridgehead atoms. The van der Waals surface area contributed by atoms with Crippen molar-refractivity contribution in [2.45, 2.75) is 59.2 Å². The summed E-state index contributed by atoms with van der Waals surface area (Å²) >= 11 is 6.91. The summed E-state index contributed by atoms with van der Waals surface area (Å²) in [6.45, 7) is 14.4. The predicted octanol–water partition coefficient (Wildman–Crippen LogP) is 5.83. The Morgan fingerprint density at radius 3 is 2.64 bits per heavy atom. The quantitative estimate of drug-likeness (QED) is 0.241. The van der Waals surface area contributed by atoms with Gasteiger partial charge in [0.2, 0.25) is 5.91 Å². The Kier molecular flexibility index (Phi) is 8.85. The standard InChI is InChI=1S/C33H36ClFN6O3/c1-8-26(42)39-15-21(6)40(16-20(39)5)31-23-14-24(34)29(27-22(17-44-7)10-9-11-25(27)35)37-32(23)41(33(43)38-31)30-19(4)12-13-36-28(30)18(2)3/h8-14,18,20-21H,1,15-17H2,2-7H3/t20-,21+/m1/s1. The zero-order valence-electron chi connectivity index (χ0n) is 25.8. The molecule has 0 unspecified atom stereocenters. The summed E-state index contributed by atoms with van der Waals surface area (Å²) in [7, 11) is 1.53. The highest BCUT2D eigenvalue weighted by Crippen LogP contribution is 2.38. The van der Waals surface area contributed by atoms with Crippen LogP contribution in [-0.4, -0.2) is 62.6 Å². The predicted molar refractivity (Wildman–Crippen MR) is 171 cm³/mol. The van der Waals surface area contributed by atoms with Crippen molar-refractivity contribution in [1.82, 2.24) is 24.4 Å². The smallest absolute Gasteiger partial charge is 0.355 e. The third-order valence-electron chi connectivity index (χ3n) is 8.08. The monoisotopic (exact) mass is 618 g/mol. The molecule has 1 aromatic carbocycles. The second-order valence-electron chi connectivity index (χ2n) is 11.5. The van der Waals surface area contributed by atoms with Gasteiger partial charge in [-0.3, -0.25) is 9.78 Å². The molecule has 5 rings (SSSR count). The van der Waals surface area contributed by atoms with Gasteiger partial charge in [0.05, 0.1) is 34.1 Å². The first-order chi connectivity index (χ1) is 21.0. The van der Waals surface area contributed by atoms with Gasteiger partial charge in [0, 0.05) is 44.0 Å². The van der Waals surface area contributed by atoms with E-state index in [-0.39, 0.29) is 52.4 Å². The van der Waals surface area contributed by atoms with Crippen LogP contribution in [0.4, 0.5) is 10.2 Å². The van der Waals surface area contributed by atoms with Crippen LogP contribution in [0.5, 0.6) is 0 Å². The molecule has 1 amide bonds. The number of anilines is 1. The van der Waals surface area contributed by atoms with Crippen molar-refractivity contribution in [3.8, 4) is 16.9 Å². The molecule has 1 saturated heterocycles. The molecular formula is C33H36ClFN6O3. The number of rotatable bonds is 7. The Labute approximate surface area is 261 Å². The number of hydrogen-bond acceptors (Lipinski definition) is 7. The summed E-state index contributed by atoms with van der Waals surface area (Å²) in [6, 6.07) is 7.86. The van der Waals surface area contributed by atoms with E-state index >= 15 is 4.39 Å². The second kappa shape index (κ2) is 12.5. The highest BCUT2D eigenvalue weighted by molar-refractivity contribution is 6.34. The van der Waals surface area contributed by atoms with Crippen LogP contribution in [0, 0.1) is 12.7 Å². The van der Waals surface area contributed by atoms with E-state index in [0.717, 1.165) is 5.56 Å². The van der Waals surface area contributed by atoms with Crippen LogP contribution in [0.3, 0.4) is 0 Å². The van der Waals surface area contributed by atoms with Crippen molar-refractivity contribution in [2.75, 3.05) is 25.1 Å². The number of ether oxygens (including phenoxy) is 1. The number of hydrogen-bond donors (Lipinski definition) is 0. The molecule has 0 N–H and O–H groups in total. The summed E-state index contributed by atoms with van der Waals surface area (Å²) in [4.78, 5) is 44.6. The fourth-order valence-electron chi connectivity index (χ4n) is 5.94. The number of halogens is 2. The van der Waals surface area contributed by atoms with E-state index in [2.05, 4.69) is 16.5 Å². The van der Waals surface area contributed by atoms with Crippen LogP contribution < -0.4 is 10.6 Å². The maximum atomic E-state index is 15.5. The van der Waals surface area contributed by atoms with Gasteiger partial charge in [-0.05, 0) is 62.1 Å². The van der Waals surface area contributed by atoms with E-state index < -0.39 is 11.5 Å². The highest BCUT2D eigenvalue weighted by Gasteiger charge is 2.34. The van der Waals surface area contributed by atoms with E-state index in [1.54, 1.807) is 29.3 Å². The molecule has 4 aromatic rings. The number of nitrogens with zero attached hydrogens (tertiary/aromatic N) is 6. The minimum absolute atomic E-state index is 0.0190. The molecular weight excluding hydrogens is 583 g/mol. The first-order valence-electron chi connectivity index (χ1n) is 14.5. The average Bonchev–Trinajstić information content (AvgIpc) is 2.98. The minimum atomic E-state index is -0.554. The molecule has 0 saturated carbocycles. The maximum absolute atomic E-state index is 15.5. The van der Waals surface area contributed by atoms with Gasteiger partial charge in [0.1, 0.15) is 11.6 Å². The van der Waals surface area contributed by atoms with Crippen LogP contribution in [0.1, 0.15) is 50.4 Å². The molecule has 11 heteroatoms. The number of aryl methyl sites for hydroxylation is 1. The van der Waals surface area contributed by atoms with Gasteiger partial charge in [-0.1, -0.05) is 44.2 Å². The average molecular weight is 619 g/mol. The van der Waals surface area contributed by atoms with Gasteiger partial charge >= 0.3 is 5.69 Å². The van der Waals surface area contributed by atoms with Crippen molar-refractivity contribution in [3.63, 3.8) is 0 Å². The molecule has 0 spiro atoms. The lowest BCUT2D eigenvalue weighted by atomic mass is 10.0. The first-order valence-corrected chi connectivity index (χ1v) is 14.9. The van der Waals surface area contributed by atoms with E-state index in [1.165, 1.54) is 23.8 Å². The van der Waals surface area contributed by atoms with Gasteiger partial charge in [-0.15, -0.1) is 0 Å². The van der Waals surface area contributed by atoms with Gasteiger partial charge in [0.15, 0.2) is 5.65 Å². The Hall–Kier alpha value is -4.15. The van der Waals surface area contributed by atoms with Crippen LogP contribution in [0.25, 0.3) is 28.0 Å². The van der Waals surface area contributed by atoms with E-state index in [1.807, 2.05) is 45.6 Å². The lowest BCUT2D eigenvalue weighted by Crippen LogP contribution is -2.58. The summed E-state index contributed by atoms with van der Waals surface area (Å²) in [5, 5.41) is 0.713. The number of amides is 1. The Morgan fingerprint density at radius 2 is 1.95 bits per heavy atom. The minimum Gasteiger partial charge on any atom is -0.380 e. The van der Waals surface area contributed by atoms with Crippen LogP contribution in [0.15, 0.2) is 54.0 Å². The number of aromatic nitrogens is 4. The number of piperazine rings is 1. The Bertz CT molecular complexity index is 1820. The molecule has 0 radical (unpaired) electrons. The third kappa shape index (κ3) is 5.48. The van der Waals surface area contributed by atoms with Crippen molar-refractivity contribution in [3.05, 3.63) is 87.3 Å². The number of pyridine rings is 2. The zero-order chi connectivity index (χ0) is 31.9. The lowest BCUT2D eigenvalue weighted by Gasteiger charge is -2.44. The first kappa shape index (κ1) is 31.3. The van der Waals surface area contributed by atoms with Gasteiger partial charge in [-0.2, -0.15) is 4.98 Å². The van der Waals surface area contributed by atoms with Crippen molar-refractivity contribution in [1.29, 1.82) is 0 Å². The molecule has 1 aliphatic rings. The zero-order valence-corrected chi connectivity index (χ0v) is 26.5. The summed E-state index contributed by atoms with van der Waals surface area (Å²) < 4.78 is 22.3. The van der Waals surface area contributed by atoms with Crippen LogP contribution in [-0.2, 0) is 16.1 Å². The lowest BCUT2D eigenvalue weighted by molar-refractivity contribution is -0.128. The third-order valence-corrected chi connectivity index (χ3v) is 8.37. The molecule has 2 atom stereocenters. The van der Waals surface area contributed by atoms with Crippen molar-refractivity contribution < 1.29 is 13.9 Å².